The first-order valence-electron chi connectivity index (χ1n) is 6.26. The molecule has 0 saturated heterocycles. The lowest BCUT2D eigenvalue weighted by atomic mass is 10.0. The van der Waals surface area contributed by atoms with Crippen LogP contribution in [0.15, 0.2) is 30.5 Å². The minimum atomic E-state index is -0.353. The fraction of sp³-hybridized carbons (Fsp3) is 0.357. The van der Waals surface area contributed by atoms with Gasteiger partial charge in [-0.2, -0.15) is 5.10 Å². The smallest absolute Gasteiger partial charge is 0.161 e. The summed E-state index contributed by atoms with van der Waals surface area (Å²) in [6.07, 6.45) is 2.05. The van der Waals surface area contributed by atoms with Crippen LogP contribution in [0.25, 0.3) is 0 Å². The summed E-state index contributed by atoms with van der Waals surface area (Å²) < 4.78 is 20.7. The fourth-order valence-corrected chi connectivity index (χ4v) is 2.16. The second kappa shape index (κ2) is 5.84. The number of hydrogen-bond donors (Lipinski definition) is 1. The van der Waals surface area contributed by atoms with Gasteiger partial charge in [0.05, 0.1) is 25.0 Å². The molecule has 0 bridgehead atoms. The van der Waals surface area contributed by atoms with E-state index in [-0.39, 0.29) is 11.9 Å². The number of halogens is 1. The SMILES string of the molecule is CCn1ncc(OC)c1C(N)Cc1ccccc1F. The lowest BCUT2D eigenvalue weighted by Gasteiger charge is -2.15. The Morgan fingerprint density at radius 3 is 2.79 bits per heavy atom. The Bertz CT molecular complexity index is 532. The molecule has 0 amide bonds. The number of benzene rings is 1. The molecule has 2 aromatic rings. The number of aryl methyl sites for hydroxylation is 1. The lowest BCUT2D eigenvalue weighted by Crippen LogP contribution is -2.19. The van der Waals surface area contributed by atoms with Crippen LogP contribution in [0.2, 0.25) is 0 Å². The number of hydrogen-bond acceptors (Lipinski definition) is 3. The molecule has 2 N–H and O–H groups in total. The van der Waals surface area contributed by atoms with E-state index in [1.807, 2.05) is 6.92 Å². The normalized spacial score (nSPS) is 12.4. The van der Waals surface area contributed by atoms with E-state index in [2.05, 4.69) is 5.10 Å². The monoisotopic (exact) mass is 263 g/mol. The number of nitrogens with two attached hydrogens (primary N) is 1. The van der Waals surface area contributed by atoms with E-state index in [0.717, 1.165) is 5.69 Å². The van der Waals surface area contributed by atoms with Crippen molar-refractivity contribution in [2.75, 3.05) is 7.11 Å². The summed E-state index contributed by atoms with van der Waals surface area (Å²) in [5.74, 6) is 0.408. The van der Waals surface area contributed by atoms with Crippen molar-refractivity contribution >= 4 is 0 Å². The molecule has 1 aromatic heterocycles. The van der Waals surface area contributed by atoms with E-state index in [4.69, 9.17) is 10.5 Å². The summed E-state index contributed by atoms with van der Waals surface area (Å²) in [7, 11) is 1.58. The first-order chi connectivity index (χ1) is 9.17. The highest BCUT2D eigenvalue weighted by atomic mass is 19.1. The molecule has 19 heavy (non-hydrogen) atoms. The van der Waals surface area contributed by atoms with Crippen molar-refractivity contribution in [1.29, 1.82) is 0 Å². The van der Waals surface area contributed by atoms with Crippen LogP contribution in [0.3, 0.4) is 0 Å². The molecule has 1 heterocycles. The van der Waals surface area contributed by atoms with Crippen LogP contribution in [-0.2, 0) is 13.0 Å². The van der Waals surface area contributed by atoms with Crippen LogP contribution in [0.4, 0.5) is 4.39 Å². The van der Waals surface area contributed by atoms with Gasteiger partial charge in [-0.1, -0.05) is 18.2 Å². The maximum Gasteiger partial charge on any atom is 0.161 e. The molecule has 0 spiro atoms. The topological polar surface area (TPSA) is 53.1 Å². The molecule has 1 aromatic carbocycles. The van der Waals surface area contributed by atoms with Crippen LogP contribution in [-0.4, -0.2) is 16.9 Å². The molecular formula is C14H18FN3O. The Balaban J connectivity index is 2.27. The van der Waals surface area contributed by atoms with Crippen molar-refractivity contribution in [3.8, 4) is 5.75 Å². The Kier molecular flexibility index (Phi) is 4.16. The maximum absolute atomic E-state index is 13.6. The highest BCUT2D eigenvalue weighted by Gasteiger charge is 2.19. The first kappa shape index (κ1) is 13.5. The van der Waals surface area contributed by atoms with Gasteiger partial charge < -0.3 is 10.5 Å². The van der Waals surface area contributed by atoms with Crippen molar-refractivity contribution in [3.63, 3.8) is 0 Å². The average molecular weight is 263 g/mol. The van der Waals surface area contributed by atoms with Gasteiger partial charge in [0.2, 0.25) is 0 Å². The van der Waals surface area contributed by atoms with Crippen molar-refractivity contribution in [2.24, 2.45) is 5.73 Å². The number of aromatic nitrogens is 2. The van der Waals surface area contributed by atoms with Gasteiger partial charge in [0.25, 0.3) is 0 Å². The Morgan fingerprint density at radius 2 is 2.16 bits per heavy atom. The average Bonchev–Trinajstić information content (AvgIpc) is 2.84. The van der Waals surface area contributed by atoms with E-state index in [9.17, 15) is 4.39 Å². The summed E-state index contributed by atoms with van der Waals surface area (Å²) in [4.78, 5) is 0. The standard InChI is InChI=1S/C14H18FN3O/c1-3-18-14(13(19-2)9-17-18)12(16)8-10-6-4-5-7-11(10)15/h4-7,9,12H,3,8,16H2,1-2H3. The van der Waals surface area contributed by atoms with Gasteiger partial charge >= 0.3 is 0 Å². The van der Waals surface area contributed by atoms with Crippen molar-refractivity contribution < 1.29 is 9.13 Å². The molecule has 1 atom stereocenters. The highest BCUT2D eigenvalue weighted by Crippen LogP contribution is 2.26. The molecule has 5 heteroatoms. The third-order valence-electron chi connectivity index (χ3n) is 3.11. The highest BCUT2D eigenvalue weighted by molar-refractivity contribution is 5.30. The summed E-state index contributed by atoms with van der Waals surface area (Å²) in [6, 6.07) is 6.31. The van der Waals surface area contributed by atoms with Crippen LogP contribution < -0.4 is 10.5 Å². The second-order valence-corrected chi connectivity index (χ2v) is 4.32. The number of rotatable bonds is 5. The van der Waals surface area contributed by atoms with Crippen LogP contribution in [0.5, 0.6) is 5.75 Å². The fourth-order valence-electron chi connectivity index (χ4n) is 2.16. The quantitative estimate of drug-likeness (QED) is 0.900. The zero-order valence-corrected chi connectivity index (χ0v) is 11.1. The molecule has 0 aliphatic carbocycles. The molecule has 0 fully saturated rings. The van der Waals surface area contributed by atoms with E-state index in [0.29, 0.717) is 24.3 Å². The van der Waals surface area contributed by atoms with Crippen LogP contribution in [0.1, 0.15) is 24.2 Å². The predicted octanol–water partition coefficient (Wildman–Crippen LogP) is 2.29. The largest absolute Gasteiger partial charge is 0.493 e. The molecule has 0 aliphatic heterocycles. The molecule has 102 valence electrons. The molecule has 2 rings (SSSR count). The van der Waals surface area contributed by atoms with Crippen LogP contribution >= 0.6 is 0 Å². The molecule has 0 radical (unpaired) electrons. The van der Waals surface area contributed by atoms with Gasteiger partial charge in [0.15, 0.2) is 5.75 Å². The van der Waals surface area contributed by atoms with E-state index < -0.39 is 0 Å². The molecule has 1 unspecified atom stereocenters. The van der Waals surface area contributed by atoms with Gasteiger partial charge in [0, 0.05) is 6.54 Å². The Labute approximate surface area is 112 Å². The minimum Gasteiger partial charge on any atom is -0.493 e. The predicted molar refractivity (Wildman–Crippen MR) is 71.5 cm³/mol. The summed E-state index contributed by atoms with van der Waals surface area (Å²) in [6.45, 7) is 2.68. The van der Waals surface area contributed by atoms with Crippen molar-refractivity contribution in [3.05, 3.63) is 47.5 Å². The molecule has 4 nitrogen and oxygen atoms in total. The van der Waals surface area contributed by atoms with Gasteiger partial charge in [-0.25, -0.2) is 4.39 Å². The van der Waals surface area contributed by atoms with Gasteiger partial charge in [0.1, 0.15) is 5.82 Å². The molecule has 0 saturated carbocycles. The van der Waals surface area contributed by atoms with Crippen molar-refractivity contribution in [2.45, 2.75) is 25.9 Å². The molecule has 0 aliphatic rings. The van der Waals surface area contributed by atoms with Crippen LogP contribution in [0, 0.1) is 5.82 Å². The maximum atomic E-state index is 13.6. The third kappa shape index (κ3) is 2.76. The second-order valence-electron chi connectivity index (χ2n) is 4.32. The van der Waals surface area contributed by atoms with E-state index in [1.54, 1.807) is 36.2 Å². The van der Waals surface area contributed by atoms with E-state index >= 15 is 0 Å². The Hall–Kier alpha value is -1.88. The Morgan fingerprint density at radius 1 is 1.42 bits per heavy atom. The van der Waals surface area contributed by atoms with Gasteiger partial charge in [-0.15, -0.1) is 0 Å². The molecular weight excluding hydrogens is 245 g/mol. The first-order valence-corrected chi connectivity index (χ1v) is 6.26. The number of nitrogens with zero attached hydrogens (tertiary/aromatic N) is 2. The zero-order valence-electron chi connectivity index (χ0n) is 11.1. The summed E-state index contributed by atoms with van der Waals surface area (Å²) in [5.41, 5.74) is 7.58. The third-order valence-corrected chi connectivity index (χ3v) is 3.11. The summed E-state index contributed by atoms with van der Waals surface area (Å²) >= 11 is 0. The number of methoxy groups -OCH3 is 1. The zero-order chi connectivity index (χ0) is 13.8. The minimum absolute atomic E-state index is 0.237. The summed E-state index contributed by atoms with van der Waals surface area (Å²) in [5, 5.41) is 4.21. The van der Waals surface area contributed by atoms with Gasteiger partial charge in [-0.05, 0) is 25.0 Å². The van der Waals surface area contributed by atoms with E-state index in [1.165, 1.54) is 6.07 Å². The van der Waals surface area contributed by atoms with Gasteiger partial charge in [-0.3, -0.25) is 4.68 Å². The lowest BCUT2D eigenvalue weighted by molar-refractivity contribution is 0.400. The van der Waals surface area contributed by atoms with Crippen molar-refractivity contribution in [1.82, 2.24) is 9.78 Å². The number of ether oxygens (including phenoxy) is 1.